The Hall–Kier alpha value is -3.68. The lowest BCUT2D eigenvalue weighted by molar-refractivity contribution is 0.619. The van der Waals surface area contributed by atoms with Gasteiger partial charge in [-0.2, -0.15) is 5.10 Å². The summed E-state index contributed by atoms with van der Waals surface area (Å²) in [6.45, 7) is 5.66. The second kappa shape index (κ2) is 6.91. The molecule has 1 aromatic carbocycles. The van der Waals surface area contributed by atoms with E-state index in [9.17, 15) is 4.39 Å². The van der Waals surface area contributed by atoms with E-state index in [4.69, 9.17) is 4.98 Å². The molecule has 1 unspecified atom stereocenters. The van der Waals surface area contributed by atoms with Crippen molar-refractivity contribution in [3.63, 3.8) is 0 Å². The Bertz CT molecular complexity index is 1080. The number of nitrogens with zero attached hydrogens (tertiary/aromatic N) is 4. The van der Waals surface area contributed by atoms with Crippen molar-refractivity contribution >= 4 is 17.2 Å². The van der Waals surface area contributed by atoms with Crippen molar-refractivity contribution in [2.45, 2.75) is 13.0 Å². The number of anilines is 2. The van der Waals surface area contributed by atoms with Gasteiger partial charge < -0.3 is 10.6 Å². The third-order valence-electron chi connectivity index (χ3n) is 4.11. The van der Waals surface area contributed by atoms with Gasteiger partial charge in [0, 0.05) is 18.0 Å². The number of aromatic amines is 1. The van der Waals surface area contributed by atoms with Gasteiger partial charge in [0.1, 0.15) is 17.4 Å². The van der Waals surface area contributed by atoms with Crippen LogP contribution in [0.25, 0.3) is 5.52 Å². The maximum Gasteiger partial charge on any atom is 0.178 e. The highest BCUT2D eigenvalue weighted by Gasteiger charge is 2.19. The van der Waals surface area contributed by atoms with Gasteiger partial charge in [-0.1, -0.05) is 18.7 Å². The van der Waals surface area contributed by atoms with Crippen LogP contribution in [-0.4, -0.2) is 24.8 Å². The smallest absolute Gasteiger partial charge is 0.178 e. The maximum absolute atomic E-state index is 13.3. The molecule has 0 spiro atoms. The summed E-state index contributed by atoms with van der Waals surface area (Å²) in [6.07, 6.45) is 3.42. The number of hydrogen-bond donors (Lipinski definition) is 3. The van der Waals surface area contributed by atoms with Gasteiger partial charge in [0.05, 0.1) is 0 Å². The van der Waals surface area contributed by atoms with Crippen molar-refractivity contribution in [1.29, 1.82) is 0 Å². The fraction of sp³-hybridized carbons (Fsp3) is 0.105. The van der Waals surface area contributed by atoms with Crippen LogP contribution in [0.15, 0.2) is 61.4 Å². The summed E-state index contributed by atoms with van der Waals surface area (Å²) < 4.78 is 15.1. The highest BCUT2D eigenvalue weighted by atomic mass is 19.1. The molecule has 136 valence electrons. The summed E-state index contributed by atoms with van der Waals surface area (Å²) in [5.41, 5.74) is 2.58. The molecular formula is C19H18FN7. The minimum Gasteiger partial charge on any atom is -0.378 e. The fourth-order valence-electron chi connectivity index (χ4n) is 2.86. The van der Waals surface area contributed by atoms with E-state index in [1.54, 1.807) is 22.8 Å². The molecule has 0 saturated carbocycles. The Morgan fingerprint density at radius 2 is 2.07 bits per heavy atom. The van der Waals surface area contributed by atoms with E-state index in [0.717, 1.165) is 16.8 Å². The second-order valence-electron chi connectivity index (χ2n) is 6.07. The van der Waals surface area contributed by atoms with Crippen molar-refractivity contribution in [1.82, 2.24) is 30.1 Å². The molecule has 0 fully saturated rings. The quantitative estimate of drug-likeness (QED) is 0.489. The minimum absolute atomic E-state index is 0.297. The molecular weight excluding hydrogens is 345 g/mol. The summed E-state index contributed by atoms with van der Waals surface area (Å²) in [5, 5.41) is 18.1. The number of rotatable bonds is 6. The van der Waals surface area contributed by atoms with Gasteiger partial charge in [0.2, 0.25) is 0 Å². The van der Waals surface area contributed by atoms with Crippen molar-refractivity contribution in [3.8, 4) is 0 Å². The van der Waals surface area contributed by atoms with Gasteiger partial charge >= 0.3 is 0 Å². The summed E-state index contributed by atoms with van der Waals surface area (Å²) >= 11 is 0. The molecule has 0 bridgehead atoms. The van der Waals surface area contributed by atoms with Crippen LogP contribution < -0.4 is 10.6 Å². The maximum atomic E-state index is 13.3. The molecule has 0 aliphatic rings. The Kier molecular flexibility index (Phi) is 4.29. The van der Waals surface area contributed by atoms with E-state index >= 15 is 0 Å². The van der Waals surface area contributed by atoms with Crippen LogP contribution >= 0.6 is 0 Å². The molecule has 3 heterocycles. The third kappa shape index (κ3) is 3.37. The lowest BCUT2D eigenvalue weighted by Gasteiger charge is -2.18. The molecule has 4 aromatic rings. The number of aromatic nitrogens is 5. The Morgan fingerprint density at radius 1 is 1.26 bits per heavy atom. The molecule has 0 aliphatic carbocycles. The first-order valence-electron chi connectivity index (χ1n) is 8.41. The highest BCUT2D eigenvalue weighted by molar-refractivity contribution is 5.72. The molecule has 1 atom stereocenters. The first-order valence-corrected chi connectivity index (χ1v) is 8.41. The topological polar surface area (TPSA) is 82.9 Å². The number of hydrogen-bond acceptors (Lipinski definition) is 5. The zero-order valence-electron chi connectivity index (χ0n) is 14.6. The van der Waals surface area contributed by atoms with Gasteiger partial charge in [-0.25, -0.2) is 13.9 Å². The van der Waals surface area contributed by atoms with Crippen molar-refractivity contribution in [2.75, 3.05) is 5.32 Å². The van der Waals surface area contributed by atoms with Crippen LogP contribution in [0, 0.1) is 12.7 Å². The summed E-state index contributed by atoms with van der Waals surface area (Å²) in [5.74, 6) is 1.50. The lowest BCUT2D eigenvalue weighted by Crippen LogP contribution is -2.21. The van der Waals surface area contributed by atoms with Crippen LogP contribution in [0.5, 0.6) is 0 Å². The van der Waals surface area contributed by atoms with E-state index in [2.05, 4.69) is 32.5 Å². The molecule has 0 aliphatic heterocycles. The predicted molar refractivity (Wildman–Crippen MR) is 101 cm³/mol. The SMILES string of the molecule is C=CNC(c1ccc(F)cc1)c1nc(Nc2cc(C)[nH]n2)c2cccn2n1. The average Bonchev–Trinajstić information content (AvgIpc) is 3.29. The first-order chi connectivity index (χ1) is 13.1. The Morgan fingerprint density at radius 3 is 2.78 bits per heavy atom. The van der Waals surface area contributed by atoms with Gasteiger partial charge in [-0.15, -0.1) is 5.10 Å². The molecule has 8 heteroatoms. The third-order valence-corrected chi connectivity index (χ3v) is 4.11. The van der Waals surface area contributed by atoms with Gasteiger partial charge in [-0.05, 0) is 43.0 Å². The van der Waals surface area contributed by atoms with Crippen molar-refractivity contribution in [2.24, 2.45) is 0 Å². The first kappa shape index (κ1) is 16.8. The highest BCUT2D eigenvalue weighted by Crippen LogP contribution is 2.24. The van der Waals surface area contributed by atoms with Crippen LogP contribution in [0.4, 0.5) is 16.0 Å². The largest absolute Gasteiger partial charge is 0.378 e. The normalized spacial score (nSPS) is 12.1. The van der Waals surface area contributed by atoms with Crippen LogP contribution in [0.3, 0.4) is 0 Å². The fourth-order valence-corrected chi connectivity index (χ4v) is 2.86. The van der Waals surface area contributed by atoms with E-state index in [1.807, 2.05) is 31.3 Å². The lowest BCUT2D eigenvalue weighted by atomic mass is 10.1. The van der Waals surface area contributed by atoms with E-state index in [1.165, 1.54) is 12.1 Å². The van der Waals surface area contributed by atoms with Crippen molar-refractivity contribution in [3.05, 3.63) is 84.3 Å². The zero-order chi connectivity index (χ0) is 18.8. The number of halogens is 1. The summed E-state index contributed by atoms with van der Waals surface area (Å²) in [6, 6.07) is 11.5. The molecule has 27 heavy (non-hydrogen) atoms. The molecule has 3 aromatic heterocycles. The van der Waals surface area contributed by atoms with Gasteiger partial charge in [-0.3, -0.25) is 5.10 Å². The zero-order valence-corrected chi connectivity index (χ0v) is 14.6. The second-order valence-corrected chi connectivity index (χ2v) is 6.07. The molecule has 7 nitrogen and oxygen atoms in total. The number of nitrogens with one attached hydrogen (secondary N) is 3. The summed E-state index contributed by atoms with van der Waals surface area (Å²) in [4.78, 5) is 4.69. The minimum atomic E-state index is -0.378. The number of benzene rings is 1. The van der Waals surface area contributed by atoms with Crippen LogP contribution in [-0.2, 0) is 0 Å². The number of aryl methyl sites for hydroxylation is 1. The molecule has 3 N–H and O–H groups in total. The van der Waals surface area contributed by atoms with E-state index in [-0.39, 0.29) is 11.9 Å². The van der Waals surface area contributed by atoms with E-state index < -0.39 is 0 Å². The van der Waals surface area contributed by atoms with Gasteiger partial charge in [0.25, 0.3) is 0 Å². The Labute approximate surface area is 155 Å². The van der Waals surface area contributed by atoms with Gasteiger partial charge in [0.15, 0.2) is 17.5 Å². The van der Waals surface area contributed by atoms with Crippen molar-refractivity contribution < 1.29 is 4.39 Å². The number of fused-ring (bicyclic) bond motifs is 1. The predicted octanol–water partition coefficient (Wildman–Crippen LogP) is 3.47. The average molecular weight is 363 g/mol. The number of H-pyrrole nitrogens is 1. The molecule has 0 radical (unpaired) electrons. The molecule has 0 saturated heterocycles. The van der Waals surface area contributed by atoms with Crippen LogP contribution in [0.2, 0.25) is 0 Å². The Balaban J connectivity index is 1.79. The monoisotopic (exact) mass is 363 g/mol. The molecule has 4 rings (SSSR count). The standard InChI is InChI=1S/C19H18FN7/c1-3-21-17(13-6-8-14(20)9-7-13)19-23-18(15-5-4-10-27(15)26-19)22-16-11-12(2)24-25-16/h3-11,17,21H,1H2,2H3,(H2,22,23,24,25,26). The van der Waals surface area contributed by atoms with Crippen LogP contribution in [0.1, 0.15) is 23.1 Å². The molecule has 0 amide bonds. The summed E-state index contributed by atoms with van der Waals surface area (Å²) in [7, 11) is 0. The van der Waals surface area contributed by atoms with E-state index in [0.29, 0.717) is 17.5 Å².